The maximum Gasteiger partial charge on any atom is 0.261 e. The van der Waals surface area contributed by atoms with Crippen LogP contribution in [0.5, 0.6) is 0 Å². The molecule has 6 heteroatoms. The minimum atomic E-state index is -3.73. The SMILES string of the molecule is CC(C)(C)c1ccc(S(=O)(=O)Nc2ccccc2C2=NCC(c3ccccc3)N2)cc1. The van der Waals surface area contributed by atoms with E-state index in [1.165, 1.54) is 0 Å². The van der Waals surface area contributed by atoms with E-state index in [-0.39, 0.29) is 16.4 Å². The van der Waals surface area contributed by atoms with E-state index in [9.17, 15) is 8.42 Å². The Hall–Kier alpha value is -3.12. The summed E-state index contributed by atoms with van der Waals surface area (Å²) in [6.07, 6.45) is 0. The number of hydrogen-bond donors (Lipinski definition) is 2. The molecule has 3 aromatic rings. The molecule has 160 valence electrons. The third kappa shape index (κ3) is 4.64. The molecule has 1 unspecified atom stereocenters. The zero-order valence-electron chi connectivity index (χ0n) is 18.0. The second kappa shape index (κ2) is 8.19. The Balaban J connectivity index is 1.57. The van der Waals surface area contributed by atoms with Crippen molar-refractivity contribution < 1.29 is 8.42 Å². The maximum absolute atomic E-state index is 13.0. The van der Waals surface area contributed by atoms with Crippen LogP contribution in [0.25, 0.3) is 0 Å². The summed E-state index contributed by atoms with van der Waals surface area (Å²) < 4.78 is 28.8. The van der Waals surface area contributed by atoms with E-state index in [0.717, 1.165) is 16.7 Å². The molecule has 0 aliphatic carbocycles. The minimum Gasteiger partial charge on any atom is -0.361 e. The summed E-state index contributed by atoms with van der Waals surface area (Å²) in [6, 6.07) is 24.6. The van der Waals surface area contributed by atoms with E-state index >= 15 is 0 Å². The van der Waals surface area contributed by atoms with Crippen molar-refractivity contribution >= 4 is 21.5 Å². The molecule has 5 nitrogen and oxygen atoms in total. The first-order chi connectivity index (χ1) is 14.7. The monoisotopic (exact) mass is 433 g/mol. The number of amidine groups is 1. The zero-order valence-corrected chi connectivity index (χ0v) is 18.8. The first-order valence-electron chi connectivity index (χ1n) is 10.3. The Morgan fingerprint density at radius 2 is 1.55 bits per heavy atom. The van der Waals surface area contributed by atoms with Gasteiger partial charge in [-0.25, -0.2) is 8.42 Å². The second-order valence-electron chi connectivity index (χ2n) is 8.72. The zero-order chi connectivity index (χ0) is 22.1. The van der Waals surface area contributed by atoms with Gasteiger partial charge in [-0.2, -0.15) is 0 Å². The summed E-state index contributed by atoms with van der Waals surface area (Å²) in [7, 11) is -3.73. The first kappa shape index (κ1) is 21.1. The predicted octanol–water partition coefficient (Wildman–Crippen LogP) is 4.88. The van der Waals surface area contributed by atoms with Gasteiger partial charge in [0.25, 0.3) is 10.0 Å². The van der Waals surface area contributed by atoms with Gasteiger partial charge < -0.3 is 5.32 Å². The van der Waals surface area contributed by atoms with E-state index < -0.39 is 10.0 Å². The van der Waals surface area contributed by atoms with Gasteiger partial charge in [-0.3, -0.25) is 9.71 Å². The highest BCUT2D eigenvalue weighted by Crippen LogP contribution is 2.27. The highest BCUT2D eigenvalue weighted by Gasteiger charge is 2.24. The largest absolute Gasteiger partial charge is 0.361 e. The first-order valence-corrected chi connectivity index (χ1v) is 11.8. The van der Waals surface area contributed by atoms with Crippen LogP contribution in [-0.4, -0.2) is 20.8 Å². The Morgan fingerprint density at radius 3 is 2.23 bits per heavy atom. The third-order valence-electron chi connectivity index (χ3n) is 5.40. The molecule has 1 heterocycles. The summed E-state index contributed by atoms with van der Waals surface area (Å²) in [6.45, 7) is 6.91. The van der Waals surface area contributed by atoms with Crippen LogP contribution in [-0.2, 0) is 15.4 Å². The topological polar surface area (TPSA) is 70.6 Å². The number of benzene rings is 3. The number of nitrogens with one attached hydrogen (secondary N) is 2. The van der Waals surface area contributed by atoms with E-state index in [0.29, 0.717) is 18.1 Å². The fourth-order valence-electron chi connectivity index (χ4n) is 3.59. The Bertz CT molecular complexity index is 1200. The van der Waals surface area contributed by atoms with Gasteiger partial charge in [-0.05, 0) is 40.8 Å². The Kier molecular flexibility index (Phi) is 5.58. The number of anilines is 1. The summed E-state index contributed by atoms with van der Waals surface area (Å²) in [4.78, 5) is 4.87. The molecule has 0 radical (unpaired) electrons. The summed E-state index contributed by atoms with van der Waals surface area (Å²) in [5, 5.41) is 3.43. The molecule has 1 aliphatic rings. The lowest BCUT2D eigenvalue weighted by Crippen LogP contribution is -2.25. The van der Waals surface area contributed by atoms with Crippen LogP contribution in [0.15, 0.2) is 88.8 Å². The number of aliphatic imine (C=N–C) groups is 1. The molecular formula is C25H27N3O2S. The van der Waals surface area contributed by atoms with Crippen molar-refractivity contribution in [2.75, 3.05) is 11.3 Å². The average molecular weight is 434 g/mol. The van der Waals surface area contributed by atoms with Gasteiger partial charge in [0, 0.05) is 5.56 Å². The number of nitrogens with zero attached hydrogens (tertiary/aromatic N) is 1. The van der Waals surface area contributed by atoms with Crippen LogP contribution in [0.3, 0.4) is 0 Å². The minimum absolute atomic E-state index is 0.0378. The summed E-state index contributed by atoms with van der Waals surface area (Å²) in [5.74, 6) is 0.690. The quantitative estimate of drug-likeness (QED) is 0.603. The highest BCUT2D eigenvalue weighted by molar-refractivity contribution is 7.92. The lowest BCUT2D eigenvalue weighted by Gasteiger charge is -2.19. The van der Waals surface area contributed by atoms with Crippen molar-refractivity contribution in [1.82, 2.24) is 5.32 Å². The van der Waals surface area contributed by atoms with Gasteiger partial charge in [0.15, 0.2) is 0 Å². The van der Waals surface area contributed by atoms with Crippen molar-refractivity contribution in [3.63, 3.8) is 0 Å². The maximum atomic E-state index is 13.0. The molecule has 0 saturated carbocycles. The van der Waals surface area contributed by atoms with Gasteiger partial charge in [-0.1, -0.05) is 75.4 Å². The van der Waals surface area contributed by atoms with E-state index in [4.69, 9.17) is 0 Å². The van der Waals surface area contributed by atoms with Crippen LogP contribution < -0.4 is 10.0 Å². The number of rotatable bonds is 5. The van der Waals surface area contributed by atoms with Crippen LogP contribution >= 0.6 is 0 Å². The van der Waals surface area contributed by atoms with Crippen LogP contribution in [0.4, 0.5) is 5.69 Å². The molecule has 4 rings (SSSR count). The Morgan fingerprint density at radius 1 is 0.903 bits per heavy atom. The second-order valence-corrected chi connectivity index (χ2v) is 10.4. The summed E-state index contributed by atoms with van der Waals surface area (Å²) in [5.41, 5.74) is 3.43. The molecule has 0 amide bonds. The molecule has 1 aliphatic heterocycles. The fourth-order valence-corrected chi connectivity index (χ4v) is 4.67. The van der Waals surface area contributed by atoms with Gasteiger partial charge in [0.05, 0.1) is 23.2 Å². The smallest absolute Gasteiger partial charge is 0.261 e. The predicted molar refractivity (Wildman–Crippen MR) is 126 cm³/mol. The molecule has 1 atom stereocenters. The normalized spacial score (nSPS) is 16.5. The van der Waals surface area contributed by atoms with Crippen LogP contribution in [0.1, 0.15) is 43.5 Å². The van der Waals surface area contributed by atoms with E-state index in [1.807, 2.05) is 48.5 Å². The molecule has 2 N–H and O–H groups in total. The number of para-hydroxylation sites is 1. The van der Waals surface area contributed by atoms with E-state index in [1.54, 1.807) is 18.2 Å². The third-order valence-corrected chi connectivity index (χ3v) is 6.78. The molecule has 0 bridgehead atoms. The van der Waals surface area contributed by atoms with Gasteiger partial charge in [-0.15, -0.1) is 0 Å². The fraction of sp³-hybridized carbons (Fsp3) is 0.240. The van der Waals surface area contributed by atoms with Gasteiger partial charge in [0.1, 0.15) is 5.84 Å². The average Bonchev–Trinajstić information content (AvgIpc) is 3.24. The van der Waals surface area contributed by atoms with Crippen LogP contribution in [0, 0.1) is 0 Å². The van der Waals surface area contributed by atoms with Gasteiger partial charge >= 0.3 is 0 Å². The molecule has 0 saturated heterocycles. The highest BCUT2D eigenvalue weighted by atomic mass is 32.2. The number of sulfonamides is 1. The Labute approximate surface area is 184 Å². The van der Waals surface area contributed by atoms with Gasteiger partial charge in [0.2, 0.25) is 0 Å². The number of hydrogen-bond acceptors (Lipinski definition) is 4. The molecule has 31 heavy (non-hydrogen) atoms. The summed E-state index contributed by atoms with van der Waals surface area (Å²) >= 11 is 0. The lowest BCUT2D eigenvalue weighted by molar-refractivity contribution is 0.587. The molecule has 0 spiro atoms. The molecule has 0 aromatic heterocycles. The van der Waals surface area contributed by atoms with Crippen molar-refractivity contribution in [3.8, 4) is 0 Å². The molecular weight excluding hydrogens is 406 g/mol. The van der Waals surface area contributed by atoms with Crippen molar-refractivity contribution in [2.45, 2.75) is 37.1 Å². The van der Waals surface area contributed by atoms with Crippen LogP contribution in [0.2, 0.25) is 0 Å². The van der Waals surface area contributed by atoms with Crippen molar-refractivity contribution in [1.29, 1.82) is 0 Å². The van der Waals surface area contributed by atoms with E-state index in [2.05, 4.69) is 47.9 Å². The lowest BCUT2D eigenvalue weighted by atomic mass is 9.87. The van der Waals surface area contributed by atoms with Crippen molar-refractivity contribution in [3.05, 3.63) is 95.6 Å². The standard InChI is InChI=1S/C25H27N3O2S/c1-25(2,3)19-13-15-20(16-14-19)31(29,30)28-22-12-8-7-11-21(22)24-26-17-23(27-24)18-9-5-4-6-10-18/h4-16,23,28H,17H2,1-3H3,(H,26,27). The molecule has 3 aromatic carbocycles. The van der Waals surface area contributed by atoms with Crippen molar-refractivity contribution in [2.24, 2.45) is 4.99 Å². The molecule has 0 fully saturated rings.